The average molecular weight is 300 g/mol. The van der Waals surface area contributed by atoms with Crippen LogP contribution in [-0.4, -0.2) is 33.9 Å². The van der Waals surface area contributed by atoms with Crippen LogP contribution < -0.4 is 11.1 Å². The van der Waals surface area contributed by atoms with Crippen LogP contribution in [0.2, 0.25) is 0 Å². The lowest BCUT2D eigenvalue weighted by Crippen LogP contribution is -2.53. The van der Waals surface area contributed by atoms with Gasteiger partial charge in [0.05, 0.1) is 5.54 Å². The van der Waals surface area contributed by atoms with Gasteiger partial charge < -0.3 is 15.5 Å². The second-order valence-corrected chi connectivity index (χ2v) is 6.06. The van der Waals surface area contributed by atoms with Gasteiger partial charge in [0.2, 0.25) is 11.8 Å². The van der Waals surface area contributed by atoms with E-state index in [-0.39, 0.29) is 5.91 Å². The van der Waals surface area contributed by atoms with Gasteiger partial charge in [0, 0.05) is 12.7 Å². The summed E-state index contributed by atoms with van der Waals surface area (Å²) in [5.41, 5.74) is 4.87. The summed E-state index contributed by atoms with van der Waals surface area (Å²) >= 11 is 1.54. The van der Waals surface area contributed by atoms with E-state index >= 15 is 0 Å². The van der Waals surface area contributed by atoms with Gasteiger partial charge >= 0.3 is 0 Å². The summed E-state index contributed by atoms with van der Waals surface area (Å²) in [5.74, 6) is 1.19. The van der Waals surface area contributed by atoms with Gasteiger partial charge in [-0.05, 0) is 32.7 Å². The SMILES string of the molecule is CCCNC(C)(CCCCSc1nnc(C)o1)C(N)=O. The van der Waals surface area contributed by atoms with Crippen molar-refractivity contribution in [1.29, 1.82) is 0 Å². The molecule has 1 amide bonds. The summed E-state index contributed by atoms with van der Waals surface area (Å²) in [6, 6.07) is 0. The van der Waals surface area contributed by atoms with Gasteiger partial charge in [-0.25, -0.2) is 0 Å². The highest BCUT2D eigenvalue weighted by molar-refractivity contribution is 7.99. The number of aromatic nitrogens is 2. The van der Waals surface area contributed by atoms with E-state index in [1.54, 1.807) is 18.7 Å². The molecule has 0 saturated carbocycles. The monoisotopic (exact) mass is 300 g/mol. The molecule has 0 aliphatic carbocycles. The molecule has 0 aliphatic rings. The first-order valence-electron chi connectivity index (χ1n) is 6.96. The van der Waals surface area contributed by atoms with Crippen LogP contribution in [0.4, 0.5) is 0 Å². The van der Waals surface area contributed by atoms with Crippen molar-refractivity contribution in [1.82, 2.24) is 15.5 Å². The van der Waals surface area contributed by atoms with Gasteiger partial charge in [-0.15, -0.1) is 10.2 Å². The Morgan fingerprint density at radius 1 is 1.45 bits per heavy atom. The molecular formula is C13H24N4O2S. The van der Waals surface area contributed by atoms with E-state index in [0.29, 0.717) is 11.1 Å². The fourth-order valence-corrected chi connectivity index (χ4v) is 2.58. The predicted molar refractivity (Wildman–Crippen MR) is 79.5 cm³/mol. The second-order valence-electron chi connectivity index (χ2n) is 5.02. The molecule has 7 heteroatoms. The first-order valence-corrected chi connectivity index (χ1v) is 7.94. The molecule has 1 rings (SSSR count). The Kier molecular flexibility index (Phi) is 7.01. The van der Waals surface area contributed by atoms with Gasteiger partial charge in [-0.2, -0.15) is 0 Å². The summed E-state index contributed by atoms with van der Waals surface area (Å²) in [6.07, 6.45) is 3.63. The van der Waals surface area contributed by atoms with Crippen molar-refractivity contribution in [2.75, 3.05) is 12.3 Å². The minimum absolute atomic E-state index is 0.286. The van der Waals surface area contributed by atoms with Crippen LogP contribution in [-0.2, 0) is 4.79 Å². The number of nitrogens with one attached hydrogen (secondary N) is 1. The molecule has 20 heavy (non-hydrogen) atoms. The van der Waals surface area contributed by atoms with E-state index in [4.69, 9.17) is 10.2 Å². The predicted octanol–water partition coefficient (Wildman–Crippen LogP) is 1.88. The molecule has 0 aliphatic heterocycles. The fraction of sp³-hybridized carbons (Fsp3) is 0.769. The van der Waals surface area contributed by atoms with Crippen molar-refractivity contribution < 1.29 is 9.21 Å². The molecule has 0 saturated heterocycles. The van der Waals surface area contributed by atoms with Crippen molar-refractivity contribution in [2.45, 2.75) is 57.2 Å². The number of hydrogen-bond donors (Lipinski definition) is 2. The molecule has 1 heterocycles. The number of nitrogens with zero attached hydrogens (tertiary/aromatic N) is 2. The number of rotatable bonds is 10. The summed E-state index contributed by atoms with van der Waals surface area (Å²) in [5, 5.41) is 11.5. The average Bonchev–Trinajstić information content (AvgIpc) is 2.81. The molecule has 114 valence electrons. The lowest BCUT2D eigenvalue weighted by atomic mass is 9.94. The maximum atomic E-state index is 11.5. The van der Waals surface area contributed by atoms with Crippen LogP contribution in [0, 0.1) is 6.92 Å². The number of amides is 1. The summed E-state index contributed by atoms with van der Waals surface area (Å²) < 4.78 is 5.28. The Morgan fingerprint density at radius 3 is 2.75 bits per heavy atom. The number of carbonyl (C=O) groups is 1. The van der Waals surface area contributed by atoms with E-state index in [2.05, 4.69) is 22.4 Å². The van der Waals surface area contributed by atoms with E-state index < -0.39 is 5.54 Å². The highest BCUT2D eigenvalue weighted by Gasteiger charge is 2.29. The zero-order valence-corrected chi connectivity index (χ0v) is 13.3. The van der Waals surface area contributed by atoms with E-state index in [9.17, 15) is 4.79 Å². The quantitative estimate of drug-likeness (QED) is 0.506. The third kappa shape index (κ3) is 5.50. The van der Waals surface area contributed by atoms with Crippen LogP contribution in [0.1, 0.15) is 45.4 Å². The number of hydrogen-bond acceptors (Lipinski definition) is 6. The van der Waals surface area contributed by atoms with Crippen molar-refractivity contribution in [3.05, 3.63) is 5.89 Å². The smallest absolute Gasteiger partial charge is 0.276 e. The molecule has 6 nitrogen and oxygen atoms in total. The molecule has 0 bridgehead atoms. The van der Waals surface area contributed by atoms with Crippen LogP contribution in [0.3, 0.4) is 0 Å². The molecule has 0 aromatic carbocycles. The number of thioether (sulfide) groups is 1. The van der Waals surface area contributed by atoms with Gasteiger partial charge in [0.1, 0.15) is 0 Å². The molecule has 3 N–H and O–H groups in total. The number of aryl methyl sites for hydroxylation is 1. The minimum Gasteiger partial charge on any atom is -0.416 e. The first-order chi connectivity index (χ1) is 9.48. The number of nitrogens with two attached hydrogens (primary N) is 1. The second kappa shape index (κ2) is 8.26. The highest BCUT2D eigenvalue weighted by atomic mass is 32.2. The Balaban J connectivity index is 2.25. The Bertz CT molecular complexity index is 424. The van der Waals surface area contributed by atoms with Gasteiger partial charge in [-0.3, -0.25) is 4.79 Å². The Morgan fingerprint density at radius 2 is 2.20 bits per heavy atom. The third-order valence-corrected chi connectivity index (χ3v) is 4.02. The van der Waals surface area contributed by atoms with Gasteiger partial charge in [0.25, 0.3) is 5.22 Å². The Labute approximate surface area is 124 Å². The molecule has 0 fully saturated rings. The molecule has 1 atom stereocenters. The van der Waals surface area contributed by atoms with Crippen molar-refractivity contribution in [3.8, 4) is 0 Å². The zero-order chi connectivity index (χ0) is 15.0. The molecule has 0 spiro atoms. The lowest BCUT2D eigenvalue weighted by molar-refractivity contribution is -0.124. The van der Waals surface area contributed by atoms with Crippen molar-refractivity contribution >= 4 is 17.7 Å². The first kappa shape index (κ1) is 17.0. The van der Waals surface area contributed by atoms with Crippen molar-refractivity contribution in [3.63, 3.8) is 0 Å². The van der Waals surface area contributed by atoms with Crippen LogP contribution in [0.15, 0.2) is 9.64 Å². The topological polar surface area (TPSA) is 94.0 Å². The van der Waals surface area contributed by atoms with Gasteiger partial charge in [0.15, 0.2) is 0 Å². The molecule has 1 aromatic rings. The Hall–Kier alpha value is -1.08. The van der Waals surface area contributed by atoms with Gasteiger partial charge in [-0.1, -0.05) is 25.1 Å². The summed E-state index contributed by atoms with van der Waals surface area (Å²) in [7, 11) is 0. The fourth-order valence-electron chi connectivity index (χ4n) is 1.78. The van der Waals surface area contributed by atoms with Crippen molar-refractivity contribution in [2.24, 2.45) is 5.73 Å². The standard InChI is InChI=1S/C13H24N4O2S/c1-4-8-15-13(3,11(14)18)7-5-6-9-20-12-17-16-10(2)19-12/h15H,4-9H2,1-3H3,(H2,14,18). The van der Waals surface area contributed by atoms with Crippen LogP contribution in [0.5, 0.6) is 0 Å². The van der Waals surface area contributed by atoms with E-state index in [0.717, 1.165) is 38.0 Å². The molecule has 1 unspecified atom stereocenters. The molecule has 0 radical (unpaired) electrons. The lowest BCUT2D eigenvalue weighted by Gasteiger charge is -2.27. The van der Waals surface area contributed by atoms with Crippen LogP contribution >= 0.6 is 11.8 Å². The van der Waals surface area contributed by atoms with E-state index in [1.807, 2.05) is 6.92 Å². The third-order valence-electron chi connectivity index (χ3n) is 3.11. The summed E-state index contributed by atoms with van der Waals surface area (Å²) in [6.45, 7) is 6.52. The summed E-state index contributed by atoms with van der Waals surface area (Å²) in [4.78, 5) is 11.5. The maximum Gasteiger partial charge on any atom is 0.276 e. The number of carbonyl (C=O) groups excluding carboxylic acids is 1. The molecule has 1 aromatic heterocycles. The highest BCUT2D eigenvalue weighted by Crippen LogP contribution is 2.20. The zero-order valence-electron chi connectivity index (χ0n) is 12.4. The maximum absolute atomic E-state index is 11.5. The number of unbranched alkanes of at least 4 members (excludes halogenated alkanes) is 1. The van der Waals surface area contributed by atoms with Crippen LogP contribution in [0.25, 0.3) is 0 Å². The molecular weight excluding hydrogens is 276 g/mol. The normalized spacial score (nSPS) is 14.2. The number of primary amides is 1. The minimum atomic E-state index is -0.609. The van der Waals surface area contributed by atoms with E-state index in [1.165, 1.54) is 0 Å². The largest absolute Gasteiger partial charge is 0.416 e.